The second-order valence-electron chi connectivity index (χ2n) is 5.73. The molecule has 1 saturated heterocycles. The third-order valence-electron chi connectivity index (χ3n) is 3.95. The van der Waals surface area contributed by atoms with Gasteiger partial charge in [0.2, 0.25) is 0 Å². The predicted molar refractivity (Wildman–Crippen MR) is 85.5 cm³/mol. The minimum Gasteiger partial charge on any atom is -0.384 e. The zero-order valence-electron chi connectivity index (χ0n) is 13.7. The minimum absolute atomic E-state index is 0.491. The van der Waals surface area contributed by atoms with Gasteiger partial charge in [-0.05, 0) is 44.7 Å². The summed E-state index contributed by atoms with van der Waals surface area (Å²) >= 11 is 0. The van der Waals surface area contributed by atoms with Crippen molar-refractivity contribution in [1.82, 2.24) is 13.9 Å². The van der Waals surface area contributed by atoms with Gasteiger partial charge < -0.3 is 10.1 Å². The van der Waals surface area contributed by atoms with E-state index in [0.29, 0.717) is 25.6 Å². The number of piperidine rings is 1. The van der Waals surface area contributed by atoms with E-state index in [1.165, 1.54) is 4.31 Å². The number of nitrogens with one attached hydrogen (secondary N) is 1. The molecule has 0 aliphatic carbocycles. The fourth-order valence-electron chi connectivity index (χ4n) is 2.58. The molecular formula is C14H31N3O3S. The van der Waals surface area contributed by atoms with Crippen molar-refractivity contribution in [3.05, 3.63) is 0 Å². The van der Waals surface area contributed by atoms with Gasteiger partial charge in [0, 0.05) is 40.4 Å². The summed E-state index contributed by atoms with van der Waals surface area (Å²) in [5.41, 5.74) is 0. The van der Waals surface area contributed by atoms with Crippen molar-refractivity contribution in [2.24, 2.45) is 5.92 Å². The summed E-state index contributed by atoms with van der Waals surface area (Å²) in [5.74, 6) is 0.491. The van der Waals surface area contributed by atoms with Crippen LogP contribution in [0.5, 0.6) is 0 Å². The zero-order valence-corrected chi connectivity index (χ0v) is 14.5. The molecule has 1 fully saturated rings. The largest absolute Gasteiger partial charge is 0.384 e. The second-order valence-corrected chi connectivity index (χ2v) is 7.77. The van der Waals surface area contributed by atoms with E-state index < -0.39 is 10.2 Å². The fraction of sp³-hybridized carbons (Fsp3) is 1.00. The Labute approximate surface area is 130 Å². The molecule has 0 atom stereocenters. The van der Waals surface area contributed by atoms with Crippen molar-refractivity contribution in [2.45, 2.75) is 32.6 Å². The third kappa shape index (κ3) is 6.20. The summed E-state index contributed by atoms with van der Waals surface area (Å²) in [7, 11) is 0.0798. The molecule has 0 radical (unpaired) electrons. The summed E-state index contributed by atoms with van der Waals surface area (Å²) in [6.45, 7) is 6.48. The van der Waals surface area contributed by atoms with Crippen molar-refractivity contribution >= 4 is 10.2 Å². The van der Waals surface area contributed by atoms with Crippen LogP contribution in [0.1, 0.15) is 32.6 Å². The Kier molecular flexibility index (Phi) is 8.73. The first-order valence-corrected chi connectivity index (χ1v) is 9.33. The number of hydrogen-bond donors (Lipinski definition) is 1. The summed E-state index contributed by atoms with van der Waals surface area (Å²) < 4.78 is 33.2. The molecule has 0 unspecified atom stereocenters. The van der Waals surface area contributed by atoms with Crippen LogP contribution in [0, 0.1) is 5.92 Å². The molecule has 1 N–H and O–H groups in total. The van der Waals surface area contributed by atoms with Gasteiger partial charge in [-0.2, -0.15) is 17.0 Å². The van der Waals surface area contributed by atoms with Crippen LogP contribution in [0.2, 0.25) is 0 Å². The van der Waals surface area contributed by atoms with Gasteiger partial charge in [0.05, 0.1) is 0 Å². The van der Waals surface area contributed by atoms with Crippen LogP contribution in [0.4, 0.5) is 0 Å². The predicted octanol–water partition coefficient (Wildman–Crippen LogP) is 0.911. The van der Waals surface area contributed by atoms with E-state index in [1.54, 1.807) is 18.5 Å². The van der Waals surface area contributed by atoms with E-state index in [9.17, 15) is 8.42 Å². The van der Waals surface area contributed by atoms with Crippen LogP contribution in [0.25, 0.3) is 0 Å². The van der Waals surface area contributed by atoms with E-state index in [1.807, 2.05) is 0 Å². The number of ether oxygens (including phenoxy) is 1. The first kappa shape index (κ1) is 18.8. The highest BCUT2D eigenvalue weighted by Crippen LogP contribution is 2.21. The Hall–Kier alpha value is -0.210. The van der Waals surface area contributed by atoms with Crippen LogP contribution >= 0.6 is 0 Å². The molecule has 0 aromatic heterocycles. The second kappa shape index (κ2) is 9.74. The molecule has 126 valence electrons. The molecule has 0 saturated carbocycles. The highest BCUT2D eigenvalue weighted by Gasteiger charge is 2.30. The maximum atomic E-state index is 12.5. The van der Waals surface area contributed by atoms with E-state index in [0.717, 1.165) is 45.4 Å². The standard InChI is InChI=1S/C14H31N3O3S/c1-4-8-15-9-5-10-16(2)21(18,19)17-11-6-14(7-12-17)13-20-3/h14-15H,4-13H2,1-3H3. The highest BCUT2D eigenvalue weighted by atomic mass is 32.2. The lowest BCUT2D eigenvalue weighted by Gasteiger charge is -2.33. The number of hydrogen-bond acceptors (Lipinski definition) is 4. The molecule has 0 spiro atoms. The van der Waals surface area contributed by atoms with Gasteiger partial charge in [0.15, 0.2) is 0 Å². The van der Waals surface area contributed by atoms with Crippen molar-refractivity contribution in [1.29, 1.82) is 0 Å². The smallest absolute Gasteiger partial charge is 0.281 e. The van der Waals surface area contributed by atoms with E-state index in [2.05, 4.69) is 12.2 Å². The molecule has 0 aromatic rings. The number of methoxy groups -OCH3 is 1. The average Bonchev–Trinajstić information content (AvgIpc) is 2.47. The summed E-state index contributed by atoms with van der Waals surface area (Å²) in [5, 5.41) is 3.29. The van der Waals surface area contributed by atoms with Gasteiger partial charge in [0.25, 0.3) is 10.2 Å². The molecule has 1 rings (SSSR count). The minimum atomic E-state index is -3.30. The fourth-order valence-corrected chi connectivity index (χ4v) is 4.01. The third-order valence-corrected chi connectivity index (χ3v) is 5.94. The van der Waals surface area contributed by atoms with Gasteiger partial charge >= 0.3 is 0 Å². The summed E-state index contributed by atoms with van der Waals surface area (Å²) in [6, 6.07) is 0. The first-order chi connectivity index (χ1) is 10.0. The van der Waals surface area contributed by atoms with Gasteiger partial charge in [-0.1, -0.05) is 6.92 Å². The Morgan fingerprint density at radius 2 is 1.95 bits per heavy atom. The van der Waals surface area contributed by atoms with Gasteiger partial charge in [-0.3, -0.25) is 0 Å². The molecule has 7 heteroatoms. The van der Waals surface area contributed by atoms with Crippen LogP contribution in [0.3, 0.4) is 0 Å². The molecule has 21 heavy (non-hydrogen) atoms. The van der Waals surface area contributed by atoms with Gasteiger partial charge in [0.1, 0.15) is 0 Å². The Morgan fingerprint density at radius 1 is 1.29 bits per heavy atom. The molecule has 0 bridgehead atoms. The summed E-state index contributed by atoms with van der Waals surface area (Å²) in [4.78, 5) is 0. The monoisotopic (exact) mass is 321 g/mol. The topological polar surface area (TPSA) is 61.9 Å². The van der Waals surface area contributed by atoms with Crippen molar-refractivity contribution < 1.29 is 13.2 Å². The Morgan fingerprint density at radius 3 is 2.52 bits per heavy atom. The molecule has 1 heterocycles. The molecule has 1 aliphatic heterocycles. The van der Waals surface area contributed by atoms with E-state index in [4.69, 9.17) is 4.74 Å². The molecule has 0 amide bonds. The van der Waals surface area contributed by atoms with Crippen LogP contribution in [-0.2, 0) is 14.9 Å². The van der Waals surface area contributed by atoms with Crippen LogP contribution in [-0.4, -0.2) is 70.5 Å². The quantitative estimate of drug-likeness (QED) is 0.608. The molecule has 6 nitrogen and oxygen atoms in total. The van der Waals surface area contributed by atoms with E-state index >= 15 is 0 Å². The lowest BCUT2D eigenvalue weighted by Crippen LogP contribution is -2.46. The van der Waals surface area contributed by atoms with Crippen LogP contribution < -0.4 is 5.32 Å². The van der Waals surface area contributed by atoms with E-state index in [-0.39, 0.29) is 0 Å². The maximum Gasteiger partial charge on any atom is 0.281 e. The lowest BCUT2D eigenvalue weighted by molar-refractivity contribution is 0.120. The van der Waals surface area contributed by atoms with Crippen molar-refractivity contribution in [3.8, 4) is 0 Å². The highest BCUT2D eigenvalue weighted by molar-refractivity contribution is 7.86. The SMILES string of the molecule is CCCNCCCN(C)S(=O)(=O)N1CCC(COC)CC1. The Bertz CT molecular complexity index is 368. The first-order valence-electron chi connectivity index (χ1n) is 7.93. The van der Waals surface area contributed by atoms with Crippen LogP contribution in [0.15, 0.2) is 0 Å². The number of nitrogens with zero attached hydrogens (tertiary/aromatic N) is 2. The molecule has 0 aromatic carbocycles. The summed E-state index contributed by atoms with van der Waals surface area (Å²) in [6.07, 6.45) is 3.72. The van der Waals surface area contributed by atoms with Gasteiger partial charge in [-0.15, -0.1) is 0 Å². The molecular weight excluding hydrogens is 290 g/mol. The maximum absolute atomic E-state index is 12.5. The normalized spacial score (nSPS) is 18.5. The van der Waals surface area contributed by atoms with Crippen molar-refractivity contribution in [2.75, 3.05) is 53.5 Å². The zero-order chi connectivity index (χ0) is 15.7. The lowest BCUT2D eigenvalue weighted by atomic mass is 9.99. The van der Waals surface area contributed by atoms with Gasteiger partial charge in [-0.25, -0.2) is 0 Å². The molecule has 1 aliphatic rings. The Balaban J connectivity index is 2.35. The van der Waals surface area contributed by atoms with Crippen molar-refractivity contribution in [3.63, 3.8) is 0 Å². The average molecular weight is 321 g/mol. The number of rotatable bonds is 10.